The van der Waals surface area contributed by atoms with Crippen molar-refractivity contribution >= 4 is 17.3 Å². The Morgan fingerprint density at radius 3 is 2.72 bits per heavy atom. The van der Waals surface area contributed by atoms with Gasteiger partial charge in [0.2, 0.25) is 0 Å². The highest BCUT2D eigenvalue weighted by Gasteiger charge is 2.59. The van der Waals surface area contributed by atoms with E-state index in [9.17, 15) is 4.79 Å². The van der Waals surface area contributed by atoms with Crippen LogP contribution in [0.25, 0.3) is 0 Å². The van der Waals surface area contributed by atoms with Gasteiger partial charge in [0.25, 0.3) is 0 Å². The molecule has 0 N–H and O–H groups in total. The molecule has 1 aromatic heterocycles. The maximum atomic E-state index is 11.4. The van der Waals surface area contributed by atoms with Crippen molar-refractivity contribution < 1.29 is 9.53 Å². The Kier molecular flexibility index (Phi) is 4.73. The van der Waals surface area contributed by atoms with Crippen LogP contribution in [0.5, 0.6) is 0 Å². The van der Waals surface area contributed by atoms with Crippen molar-refractivity contribution in [3.05, 3.63) is 27.7 Å². The minimum absolute atomic E-state index is 0.0984. The summed E-state index contributed by atoms with van der Waals surface area (Å²) in [5, 5.41) is 1.39. The smallest absolute Gasteiger partial charge is 0.302 e. The van der Waals surface area contributed by atoms with Gasteiger partial charge < -0.3 is 4.74 Å². The first-order valence-corrected chi connectivity index (χ1v) is 12.4. The zero-order chi connectivity index (χ0) is 20.4. The molecular formula is C25H35NO2S. The van der Waals surface area contributed by atoms with Crippen LogP contribution in [0.3, 0.4) is 0 Å². The highest BCUT2D eigenvalue weighted by Crippen LogP contribution is 2.68. The van der Waals surface area contributed by atoms with Crippen molar-refractivity contribution in [3.8, 4) is 0 Å². The van der Waals surface area contributed by atoms with E-state index in [-0.39, 0.29) is 12.1 Å². The van der Waals surface area contributed by atoms with Gasteiger partial charge in [-0.05, 0) is 80.5 Å². The van der Waals surface area contributed by atoms with E-state index in [2.05, 4.69) is 33.0 Å². The topological polar surface area (TPSA) is 39.2 Å². The van der Waals surface area contributed by atoms with E-state index in [0.29, 0.717) is 16.7 Å². The average molecular weight is 414 g/mol. The van der Waals surface area contributed by atoms with Gasteiger partial charge in [-0.25, -0.2) is 4.98 Å². The molecule has 1 heterocycles. The van der Waals surface area contributed by atoms with E-state index in [4.69, 9.17) is 9.72 Å². The summed E-state index contributed by atoms with van der Waals surface area (Å²) < 4.78 is 5.59. The van der Waals surface area contributed by atoms with Crippen LogP contribution in [0, 0.1) is 35.5 Å². The van der Waals surface area contributed by atoms with E-state index in [1.807, 2.05) is 11.3 Å². The Bertz CT molecular complexity index is 844. The van der Waals surface area contributed by atoms with E-state index >= 15 is 0 Å². The maximum Gasteiger partial charge on any atom is 0.302 e. The fourth-order valence-electron chi connectivity index (χ4n) is 7.90. The molecule has 1 aromatic rings. The summed E-state index contributed by atoms with van der Waals surface area (Å²) in [5.41, 5.74) is 2.32. The second-order valence-corrected chi connectivity index (χ2v) is 12.0. The SMILES string of the molecule is CC(=O)O[C@H]1CC[C@@]2(C)C(=CC[C@@H]3C2CC[C@@]2(C)C3CC[C@@H]2c2ncc(C)s2)C1. The van der Waals surface area contributed by atoms with Crippen LogP contribution in [0.15, 0.2) is 17.8 Å². The number of aromatic nitrogens is 1. The van der Waals surface area contributed by atoms with Gasteiger partial charge in [-0.1, -0.05) is 25.5 Å². The fourth-order valence-corrected chi connectivity index (χ4v) is 8.97. The number of fused-ring (bicyclic) bond motifs is 5. The van der Waals surface area contributed by atoms with Crippen molar-refractivity contribution in [2.45, 2.75) is 91.1 Å². The summed E-state index contributed by atoms with van der Waals surface area (Å²) >= 11 is 1.93. The van der Waals surface area contributed by atoms with Gasteiger partial charge in [0.1, 0.15) is 6.10 Å². The number of aryl methyl sites for hydroxylation is 1. The highest BCUT2D eigenvalue weighted by atomic mass is 32.1. The molecule has 2 unspecified atom stereocenters. The number of nitrogens with zero attached hydrogens (tertiary/aromatic N) is 1. The van der Waals surface area contributed by atoms with Crippen LogP contribution < -0.4 is 0 Å². The second kappa shape index (κ2) is 6.93. The van der Waals surface area contributed by atoms with Crippen molar-refractivity contribution in [2.75, 3.05) is 0 Å². The lowest BCUT2D eigenvalue weighted by atomic mass is 9.47. The summed E-state index contributed by atoms with van der Waals surface area (Å²) in [7, 11) is 0. The van der Waals surface area contributed by atoms with Crippen LogP contribution in [0.4, 0.5) is 0 Å². The van der Waals surface area contributed by atoms with Gasteiger partial charge >= 0.3 is 5.97 Å². The molecule has 0 bridgehead atoms. The third-order valence-corrected chi connectivity index (χ3v) is 10.4. The van der Waals surface area contributed by atoms with Crippen LogP contribution in [0.2, 0.25) is 0 Å². The number of allylic oxidation sites excluding steroid dienone is 1. The highest BCUT2D eigenvalue weighted by molar-refractivity contribution is 7.11. The van der Waals surface area contributed by atoms with Gasteiger partial charge in [-0.15, -0.1) is 11.3 Å². The number of thiazole rings is 1. The molecule has 3 nitrogen and oxygen atoms in total. The first-order valence-electron chi connectivity index (χ1n) is 11.6. The van der Waals surface area contributed by atoms with Gasteiger partial charge in [0, 0.05) is 30.3 Å². The molecule has 0 aromatic carbocycles. The number of carbonyl (C=O) groups is 1. The Labute approximate surface area is 179 Å². The van der Waals surface area contributed by atoms with Crippen molar-refractivity contribution in [3.63, 3.8) is 0 Å². The first kappa shape index (κ1) is 19.8. The van der Waals surface area contributed by atoms with E-state index < -0.39 is 0 Å². The van der Waals surface area contributed by atoms with Crippen molar-refractivity contribution in [2.24, 2.45) is 28.6 Å². The van der Waals surface area contributed by atoms with Gasteiger partial charge in [0.05, 0.1) is 5.01 Å². The summed E-state index contributed by atoms with van der Waals surface area (Å²) in [5.74, 6) is 2.98. The average Bonchev–Trinajstić information content (AvgIpc) is 3.24. The normalized spacial score (nSPS) is 43.7. The van der Waals surface area contributed by atoms with Gasteiger partial charge in [-0.2, -0.15) is 0 Å². The van der Waals surface area contributed by atoms with E-state index in [1.54, 1.807) is 12.5 Å². The zero-order valence-corrected chi connectivity index (χ0v) is 19.2. The summed E-state index contributed by atoms with van der Waals surface area (Å²) in [6, 6.07) is 0. The number of rotatable bonds is 2. The Hall–Kier alpha value is -1.16. The predicted octanol–water partition coefficient (Wildman–Crippen LogP) is 6.43. The lowest BCUT2D eigenvalue weighted by molar-refractivity contribution is -0.148. The Balaban J connectivity index is 1.40. The minimum Gasteiger partial charge on any atom is -0.462 e. The van der Waals surface area contributed by atoms with Gasteiger partial charge in [0.15, 0.2) is 0 Å². The molecule has 29 heavy (non-hydrogen) atoms. The zero-order valence-electron chi connectivity index (χ0n) is 18.4. The molecule has 0 saturated heterocycles. The molecule has 4 heteroatoms. The third kappa shape index (κ3) is 3.04. The Morgan fingerprint density at radius 2 is 2.00 bits per heavy atom. The number of carbonyl (C=O) groups excluding carboxylic acids is 1. The summed E-state index contributed by atoms with van der Waals surface area (Å²) in [6.07, 6.45) is 14.5. The molecule has 0 spiro atoms. The van der Waals surface area contributed by atoms with E-state index in [0.717, 1.165) is 30.6 Å². The summed E-state index contributed by atoms with van der Waals surface area (Å²) in [4.78, 5) is 17.6. The number of esters is 1. The molecule has 4 aliphatic rings. The number of hydrogen-bond donors (Lipinski definition) is 0. The van der Waals surface area contributed by atoms with E-state index in [1.165, 1.54) is 48.4 Å². The van der Waals surface area contributed by atoms with Crippen LogP contribution >= 0.6 is 11.3 Å². The standard InChI is InChI=1S/C25H35NO2S/c1-15-14-26-23(29-15)22-8-7-20-19-6-5-17-13-18(28-16(2)27)9-11-24(17,3)21(19)10-12-25(20,22)4/h5,14,18-22H,6-13H2,1-4H3/t18-,19-,20?,21?,22+,24-,25-/m0/s1. The molecule has 158 valence electrons. The molecule has 7 atom stereocenters. The first-order chi connectivity index (χ1) is 13.8. The van der Waals surface area contributed by atoms with Crippen LogP contribution in [0.1, 0.15) is 87.9 Å². The predicted molar refractivity (Wildman–Crippen MR) is 117 cm³/mol. The quantitative estimate of drug-likeness (QED) is 0.414. The monoisotopic (exact) mass is 413 g/mol. The fraction of sp³-hybridized carbons (Fsp3) is 0.760. The molecule has 4 aliphatic carbocycles. The lowest BCUT2D eigenvalue weighted by Gasteiger charge is -2.58. The van der Waals surface area contributed by atoms with Crippen LogP contribution in [-0.2, 0) is 9.53 Å². The molecule has 0 aliphatic heterocycles. The van der Waals surface area contributed by atoms with Crippen molar-refractivity contribution in [1.29, 1.82) is 0 Å². The number of hydrogen-bond acceptors (Lipinski definition) is 4. The Morgan fingerprint density at radius 1 is 1.17 bits per heavy atom. The number of ether oxygens (including phenoxy) is 1. The largest absolute Gasteiger partial charge is 0.462 e. The summed E-state index contributed by atoms with van der Waals surface area (Å²) in [6.45, 7) is 8.84. The molecule has 0 amide bonds. The van der Waals surface area contributed by atoms with Gasteiger partial charge in [-0.3, -0.25) is 4.79 Å². The molecule has 5 rings (SSSR count). The molecular weight excluding hydrogens is 378 g/mol. The third-order valence-electron chi connectivity index (χ3n) is 9.33. The maximum absolute atomic E-state index is 11.4. The lowest BCUT2D eigenvalue weighted by Crippen LogP contribution is -2.50. The van der Waals surface area contributed by atoms with Crippen LogP contribution in [-0.4, -0.2) is 17.1 Å². The molecule has 3 saturated carbocycles. The molecule has 3 fully saturated rings. The second-order valence-electron chi connectivity index (χ2n) is 10.7. The minimum atomic E-state index is -0.129. The molecule has 0 radical (unpaired) electrons. The van der Waals surface area contributed by atoms with Crippen molar-refractivity contribution in [1.82, 2.24) is 4.98 Å².